The number of aromatic nitrogens is 2. The summed E-state index contributed by atoms with van der Waals surface area (Å²) in [5.41, 5.74) is 0.997. The quantitative estimate of drug-likeness (QED) is 0.583. The Morgan fingerprint density at radius 1 is 1.29 bits per heavy atom. The largest absolute Gasteiger partial charge is 0.490 e. The van der Waals surface area contributed by atoms with Crippen LogP contribution in [-0.2, 0) is 5.33 Å². The lowest BCUT2D eigenvalue weighted by atomic mass is 10.3. The first kappa shape index (κ1) is 14.4. The Morgan fingerprint density at radius 2 is 2.10 bits per heavy atom. The molecular formula is C15H15BrN2O2S. The minimum absolute atomic E-state index is 0.617. The van der Waals surface area contributed by atoms with Gasteiger partial charge >= 0.3 is 0 Å². The van der Waals surface area contributed by atoms with Crippen LogP contribution in [0.1, 0.15) is 19.0 Å². The molecule has 0 aliphatic carbocycles. The van der Waals surface area contributed by atoms with Gasteiger partial charge in [0.25, 0.3) is 0 Å². The molecule has 0 spiro atoms. The highest BCUT2D eigenvalue weighted by atomic mass is 79.9. The Bertz CT molecular complexity index is 738. The molecule has 0 fully saturated rings. The third kappa shape index (κ3) is 2.91. The maximum Gasteiger partial charge on any atom is 0.243 e. The molecule has 0 unspecified atom stereocenters. The average Bonchev–Trinajstić information content (AvgIpc) is 3.06. The standard InChI is InChI=1S/C15H15BrN2O2S/c1-2-8-19-12-5-3-4-6-13(12)20-14-11(10-16)18-7-9-21-15(18)17-14/h3-7,9H,2,8,10H2,1H3. The van der Waals surface area contributed by atoms with Gasteiger partial charge in [-0.15, -0.1) is 11.3 Å². The molecule has 110 valence electrons. The van der Waals surface area contributed by atoms with Gasteiger partial charge in [0.15, 0.2) is 16.5 Å². The van der Waals surface area contributed by atoms with E-state index >= 15 is 0 Å². The van der Waals surface area contributed by atoms with Crippen LogP contribution in [0.3, 0.4) is 0 Å². The molecule has 0 saturated carbocycles. The van der Waals surface area contributed by atoms with Crippen molar-refractivity contribution in [3.8, 4) is 17.4 Å². The van der Waals surface area contributed by atoms with Gasteiger partial charge in [-0.25, -0.2) is 0 Å². The van der Waals surface area contributed by atoms with E-state index in [9.17, 15) is 0 Å². The second kappa shape index (κ2) is 6.49. The number of hydrogen-bond donors (Lipinski definition) is 0. The van der Waals surface area contributed by atoms with Crippen molar-refractivity contribution in [3.63, 3.8) is 0 Å². The van der Waals surface area contributed by atoms with Gasteiger partial charge in [0.1, 0.15) is 0 Å². The Hall–Kier alpha value is -1.53. The molecule has 0 aliphatic rings. The Balaban J connectivity index is 1.93. The van der Waals surface area contributed by atoms with Gasteiger partial charge in [0.05, 0.1) is 12.3 Å². The number of benzene rings is 1. The fraction of sp³-hybridized carbons (Fsp3) is 0.267. The Labute approximate surface area is 135 Å². The Kier molecular flexibility index (Phi) is 4.45. The van der Waals surface area contributed by atoms with Crippen LogP contribution in [0.4, 0.5) is 0 Å². The van der Waals surface area contributed by atoms with Crippen molar-refractivity contribution in [2.45, 2.75) is 18.7 Å². The molecule has 0 radical (unpaired) electrons. The van der Waals surface area contributed by atoms with Crippen LogP contribution in [0.2, 0.25) is 0 Å². The molecule has 0 amide bonds. The van der Waals surface area contributed by atoms with Gasteiger partial charge in [-0.05, 0) is 18.6 Å². The fourth-order valence-corrected chi connectivity index (χ4v) is 3.22. The van der Waals surface area contributed by atoms with Crippen LogP contribution in [0.25, 0.3) is 4.96 Å². The molecule has 3 rings (SSSR count). The van der Waals surface area contributed by atoms with E-state index in [2.05, 4.69) is 27.8 Å². The summed E-state index contributed by atoms with van der Waals surface area (Å²) < 4.78 is 13.7. The van der Waals surface area contributed by atoms with Crippen LogP contribution in [0.15, 0.2) is 35.8 Å². The number of thiazole rings is 1. The summed E-state index contributed by atoms with van der Waals surface area (Å²) in [5.74, 6) is 2.06. The third-order valence-corrected chi connectivity index (χ3v) is 4.26. The van der Waals surface area contributed by atoms with Crippen molar-refractivity contribution in [1.82, 2.24) is 9.38 Å². The van der Waals surface area contributed by atoms with Crippen LogP contribution >= 0.6 is 27.3 Å². The summed E-state index contributed by atoms with van der Waals surface area (Å²) in [7, 11) is 0. The lowest BCUT2D eigenvalue weighted by molar-refractivity contribution is 0.300. The highest BCUT2D eigenvalue weighted by Crippen LogP contribution is 2.34. The van der Waals surface area contributed by atoms with Gasteiger partial charge in [-0.2, -0.15) is 4.98 Å². The molecule has 21 heavy (non-hydrogen) atoms. The van der Waals surface area contributed by atoms with Gasteiger partial charge in [0.2, 0.25) is 5.88 Å². The SMILES string of the molecule is CCCOc1ccccc1Oc1nc2sccn2c1CBr. The first-order valence-electron chi connectivity index (χ1n) is 6.73. The zero-order valence-corrected chi connectivity index (χ0v) is 14.0. The number of para-hydroxylation sites is 2. The summed E-state index contributed by atoms with van der Waals surface area (Å²) in [4.78, 5) is 5.46. The minimum atomic E-state index is 0.617. The summed E-state index contributed by atoms with van der Waals surface area (Å²) in [6.45, 7) is 2.75. The van der Waals surface area contributed by atoms with E-state index in [1.165, 1.54) is 0 Å². The summed E-state index contributed by atoms with van der Waals surface area (Å²) in [6, 6.07) is 7.68. The third-order valence-electron chi connectivity index (χ3n) is 2.97. The number of ether oxygens (including phenoxy) is 2. The molecular weight excluding hydrogens is 352 g/mol. The van der Waals surface area contributed by atoms with Crippen molar-refractivity contribution < 1.29 is 9.47 Å². The van der Waals surface area contributed by atoms with Crippen LogP contribution in [0.5, 0.6) is 17.4 Å². The van der Waals surface area contributed by atoms with E-state index in [4.69, 9.17) is 9.47 Å². The van der Waals surface area contributed by atoms with E-state index in [1.54, 1.807) is 11.3 Å². The lowest BCUT2D eigenvalue weighted by Crippen LogP contribution is -1.98. The van der Waals surface area contributed by atoms with Crippen molar-refractivity contribution in [2.24, 2.45) is 0 Å². The molecule has 0 bridgehead atoms. The van der Waals surface area contributed by atoms with Gasteiger partial charge < -0.3 is 9.47 Å². The molecule has 6 heteroatoms. The van der Waals surface area contributed by atoms with Crippen molar-refractivity contribution in [3.05, 3.63) is 41.5 Å². The Morgan fingerprint density at radius 3 is 2.86 bits per heavy atom. The molecule has 2 aromatic heterocycles. The van der Waals surface area contributed by atoms with E-state index in [0.717, 1.165) is 22.8 Å². The van der Waals surface area contributed by atoms with Gasteiger partial charge in [0, 0.05) is 16.9 Å². The van der Waals surface area contributed by atoms with Crippen LogP contribution in [-0.4, -0.2) is 16.0 Å². The second-order valence-electron chi connectivity index (χ2n) is 4.45. The number of imidazole rings is 1. The van der Waals surface area contributed by atoms with E-state index < -0.39 is 0 Å². The maximum absolute atomic E-state index is 5.99. The van der Waals surface area contributed by atoms with Crippen molar-refractivity contribution in [2.75, 3.05) is 6.61 Å². The van der Waals surface area contributed by atoms with Crippen LogP contribution < -0.4 is 9.47 Å². The normalized spacial score (nSPS) is 11.0. The molecule has 0 aliphatic heterocycles. The van der Waals surface area contributed by atoms with E-state index in [1.807, 2.05) is 40.2 Å². The summed E-state index contributed by atoms with van der Waals surface area (Å²) >= 11 is 5.09. The molecule has 0 N–H and O–H groups in total. The summed E-state index contributed by atoms with van der Waals surface area (Å²) in [6.07, 6.45) is 2.96. The molecule has 0 atom stereocenters. The molecule has 2 heterocycles. The van der Waals surface area contributed by atoms with Crippen molar-refractivity contribution in [1.29, 1.82) is 0 Å². The highest BCUT2D eigenvalue weighted by molar-refractivity contribution is 9.08. The average molecular weight is 367 g/mol. The number of hydrogen-bond acceptors (Lipinski definition) is 4. The monoisotopic (exact) mass is 366 g/mol. The number of fused-ring (bicyclic) bond motifs is 1. The van der Waals surface area contributed by atoms with E-state index in [0.29, 0.717) is 23.6 Å². The first-order valence-corrected chi connectivity index (χ1v) is 8.73. The first-order chi connectivity index (χ1) is 10.3. The summed E-state index contributed by atoms with van der Waals surface area (Å²) in [5, 5.41) is 2.69. The van der Waals surface area contributed by atoms with E-state index in [-0.39, 0.29) is 0 Å². The fourth-order valence-electron chi connectivity index (χ4n) is 1.99. The van der Waals surface area contributed by atoms with Gasteiger partial charge in [-0.3, -0.25) is 4.40 Å². The maximum atomic E-state index is 5.99. The number of rotatable bonds is 6. The van der Waals surface area contributed by atoms with Gasteiger partial charge in [-0.1, -0.05) is 35.0 Å². The van der Waals surface area contributed by atoms with Crippen molar-refractivity contribution >= 4 is 32.2 Å². The molecule has 1 aromatic carbocycles. The smallest absolute Gasteiger partial charge is 0.243 e. The zero-order valence-electron chi connectivity index (χ0n) is 11.6. The lowest BCUT2D eigenvalue weighted by Gasteiger charge is -2.11. The highest BCUT2D eigenvalue weighted by Gasteiger charge is 2.15. The second-order valence-corrected chi connectivity index (χ2v) is 5.88. The molecule has 3 aromatic rings. The molecule has 0 saturated heterocycles. The predicted octanol–water partition coefficient (Wildman–Crippen LogP) is 4.87. The predicted molar refractivity (Wildman–Crippen MR) is 88.0 cm³/mol. The number of nitrogens with zero attached hydrogens (tertiary/aromatic N) is 2. The number of halogens is 1. The number of alkyl halides is 1. The van der Waals surface area contributed by atoms with Crippen LogP contribution in [0, 0.1) is 0 Å². The molecule has 4 nitrogen and oxygen atoms in total. The zero-order chi connectivity index (χ0) is 14.7. The minimum Gasteiger partial charge on any atom is -0.490 e. The topological polar surface area (TPSA) is 35.8 Å².